The van der Waals surface area contributed by atoms with E-state index in [0.717, 1.165) is 77.3 Å². The number of hydrogen-bond acceptors (Lipinski definition) is 13. The largest absolute Gasteiger partial charge is 0.489 e. The molecule has 0 spiro atoms. The third kappa shape index (κ3) is 30.1. The van der Waals surface area contributed by atoms with Crippen LogP contribution in [0.4, 0.5) is 33.3 Å². The number of amides is 2. The number of aromatic nitrogens is 3. The topological polar surface area (TPSA) is 160 Å². The average Bonchev–Trinajstić information content (AvgIpc) is 1.07. The number of ether oxygens (including phenoxy) is 5. The summed E-state index contributed by atoms with van der Waals surface area (Å²) in [4.78, 5) is 50.4. The molecule has 0 atom stereocenters. The van der Waals surface area contributed by atoms with E-state index in [2.05, 4.69) is 50.9 Å². The first kappa shape index (κ1) is 90.2. The Kier molecular flexibility index (Phi) is 38.1. The number of ketones is 1. The van der Waals surface area contributed by atoms with Crippen molar-refractivity contribution in [1.82, 2.24) is 15.0 Å². The van der Waals surface area contributed by atoms with Crippen LogP contribution in [0, 0.1) is 20.8 Å². The zero-order valence-electron chi connectivity index (χ0n) is 65.4. The minimum absolute atomic E-state index is 0.0322. The molecule has 3 heterocycles. The molecule has 0 aliphatic heterocycles. The lowest BCUT2D eigenvalue weighted by Gasteiger charge is -2.09. The standard InChI is InChI=1S/C22H20FNO2.C20H22FNO2.C18H16Cl2FNO2.C17H20FNOS.C15H16FNOS/c1-2-16(14-23)15-26-20-9-7-19(8-10-20)22(25)13-17-5-6-18-4-3-11-24-21(18)12-17;1-4-16(12-21)13-24-19-7-5-17(6-8-19)20(23)22-18-10-14(2)9-15(3)11-18;1-2-12(10-21)11-24-15-6-3-13(4-7-15)18(23)22-14-5-8-16(19)17(20)9-14;1-4-13(9-18)10-20-15-7-5-14(6-8-15)16-11-21-17(19-16)12(2)3;1-3-12(8-16)9-18-14-6-4-13(5-7-14)15-10-19-11(2)17-15/h3-12,14H,2,13,15H2,1H3;5-12H,4,13H2,1-3H3,(H,22,23);3-10H,2,11H2,1H3,(H,22,23);5-9,11-12H,4,10H2,1-3H3;4-8,10H,3,9H2,1-2H3. The van der Waals surface area contributed by atoms with Crippen LogP contribution < -0.4 is 34.3 Å². The van der Waals surface area contributed by atoms with Gasteiger partial charge in [-0.15, -0.1) is 22.7 Å². The Hall–Kier alpha value is -11.0. The van der Waals surface area contributed by atoms with Crippen LogP contribution in [-0.2, 0) is 6.42 Å². The van der Waals surface area contributed by atoms with Crippen LogP contribution in [0.25, 0.3) is 33.4 Å². The van der Waals surface area contributed by atoms with E-state index in [-0.39, 0.29) is 37.4 Å². The third-order valence-corrected chi connectivity index (χ3v) is 19.9. The van der Waals surface area contributed by atoms with E-state index >= 15 is 0 Å². The van der Waals surface area contributed by atoms with Gasteiger partial charge in [0.25, 0.3) is 11.8 Å². The molecule has 0 aliphatic carbocycles. The highest BCUT2D eigenvalue weighted by molar-refractivity contribution is 7.10. The molecular formula is C92H94Cl2F5N5O8S2. The molecule has 11 rings (SSSR count). The van der Waals surface area contributed by atoms with Gasteiger partial charge in [0, 0.05) is 73.9 Å². The summed E-state index contributed by atoms with van der Waals surface area (Å²) in [6, 6.07) is 56.3. The van der Waals surface area contributed by atoms with Gasteiger partial charge in [-0.05, 0) is 261 Å². The molecule has 0 fully saturated rings. The van der Waals surface area contributed by atoms with Gasteiger partial charge in [0.2, 0.25) is 0 Å². The normalized spacial score (nSPS) is 11.5. The summed E-state index contributed by atoms with van der Waals surface area (Å²) in [6.45, 7) is 20.9. The van der Waals surface area contributed by atoms with Crippen LogP contribution in [0.1, 0.15) is 144 Å². The zero-order chi connectivity index (χ0) is 82.3. The van der Waals surface area contributed by atoms with Crippen LogP contribution in [-0.4, -0.2) is 65.6 Å². The Morgan fingerprint density at radius 2 is 0.833 bits per heavy atom. The van der Waals surface area contributed by atoms with Gasteiger partial charge in [-0.3, -0.25) is 19.4 Å². The van der Waals surface area contributed by atoms with Gasteiger partial charge >= 0.3 is 0 Å². The van der Waals surface area contributed by atoms with Crippen LogP contribution in [0.15, 0.2) is 265 Å². The monoisotopic (exact) mass is 1630 g/mol. The first-order valence-corrected chi connectivity index (χ1v) is 39.6. The maximum atomic E-state index is 12.5. The molecule has 2 N–H and O–H groups in total. The van der Waals surface area contributed by atoms with Crippen molar-refractivity contribution < 1.29 is 60.0 Å². The molecule has 0 bridgehead atoms. The molecule has 0 unspecified atom stereocenters. The van der Waals surface area contributed by atoms with Crippen LogP contribution in [0.5, 0.6) is 28.7 Å². The van der Waals surface area contributed by atoms with Crippen molar-refractivity contribution in [2.45, 2.75) is 114 Å². The van der Waals surface area contributed by atoms with E-state index in [4.69, 9.17) is 46.9 Å². The molecule has 0 radical (unpaired) electrons. The maximum absolute atomic E-state index is 12.5. The fourth-order valence-electron chi connectivity index (χ4n) is 10.2. The van der Waals surface area contributed by atoms with E-state index in [1.54, 1.807) is 120 Å². The SMILES string of the molecule is CCC(=CF)COc1ccc(-c2csc(C(C)C)n2)cc1.CCC(=CF)COc1ccc(-c2csc(C)n2)cc1.CCC(=CF)COc1ccc(C(=O)Cc2ccc3cccnc3c2)cc1.CCC(=CF)COc1ccc(C(=O)Nc2cc(C)cc(C)c2)cc1.CCC(=CF)COc1ccc(C(=O)Nc2ccc(Cl)c(Cl)c2)cc1. The van der Waals surface area contributed by atoms with Crippen molar-refractivity contribution >= 4 is 85.8 Å². The second-order valence-corrected chi connectivity index (χ2v) is 29.0. The summed E-state index contributed by atoms with van der Waals surface area (Å²) in [6.07, 6.45) is 8.12. The average molecular weight is 1630 g/mol. The number of rotatable bonds is 30. The molecular weight excluding hydrogens is 1530 g/mol. The fraction of sp³-hybridized carbons (Fsp3) is 0.239. The number of nitrogens with one attached hydrogen (secondary N) is 2. The van der Waals surface area contributed by atoms with Crippen molar-refractivity contribution in [3.63, 3.8) is 0 Å². The quantitative estimate of drug-likeness (QED) is 0.0326. The molecule has 3 aromatic heterocycles. The predicted octanol–water partition coefficient (Wildman–Crippen LogP) is 26.7. The number of halogens is 7. The molecule has 114 heavy (non-hydrogen) atoms. The smallest absolute Gasteiger partial charge is 0.255 e. The second-order valence-electron chi connectivity index (χ2n) is 26.2. The highest BCUT2D eigenvalue weighted by Crippen LogP contribution is 2.31. The molecule has 8 aromatic carbocycles. The Morgan fingerprint density at radius 3 is 1.21 bits per heavy atom. The molecule has 22 heteroatoms. The second kappa shape index (κ2) is 48.1. The van der Waals surface area contributed by atoms with Gasteiger partial charge in [-0.25, -0.2) is 31.9 Å². The number of hydrogen-bond donors (Lipinski definition) is 2. The van der Waals surface area contributed by atoms with E-state index in [9.17, 15) is 36.3 Å². The fourth-order valence-corrected chi connectivity index (χ4v) is 12.0. The number of anilines is 2. The van der Waals surface area contributed by atoms with Crippen LogP contribution >= 0.6 is 45.9 Å². The molecule has 13 nitrogen and oxygen atoms in total. The van der Waals surface area contributed by atoms with E-state index < -0.39 is 0 Å². The maximum Gasteiger partial charge on any atom is 0.255 e. The third-order valence-electron chi connectivity index (χ3n) is 17.2. The van der Waals surface area contributed by atoms with Crippen molar-refractivity contribution in [2.24, 2.45) is 0 Å². The van der Waals surface area contributed by atoms with Crippen molar-refractivity contribution in [1.29, 1.82) is 0 Å². The van der Waals surface area contributed by atoms with Gasteiger partial charge < -0.3 is 34.3 Å². The van der Waals surface area contributed by atoms with Gasteiger partial charge in [0.1, 0.15) is 61.8 Å². The highest BCUT2D eigenvalue weighted by atomic mass is 35.5. The number of Topliss-reactive ketones (excluding diaryl/α,β-unsaturated/α-hetero) is 1. The lowest BCUT2D eigenvalue weighted by Crippen LogP contribution is -2.12. The summed E-state index contributed by atoms with van der Waals surface area (Å²) in [5, 5.41) is 13.8. The summed E-state index contributed by atoms with van der Waals surface area (Å²) in [5.74, 6) is 3.29. The lowest BCUT2D eigenvalue weighted by atomic mass is 10.0. The van der Waals surface area contributed by atoms with Crippen molar-refractivity contribution in [3.8, 4) is 51.3 Å². The minimum Gasteiger partial charge on any atom is -0.489 e. The van der Waals surface area contributed by atoms with Crippen molar-refractivity contribution in [3.05, 3.63) is 318 Å². The van der Waals surface area contributed by atoms with E-state index in [0.29, 0.717) is 167 Å². The summed E-state index contributed by atoms with van der Waals surface area (Å²) >= 11 is 15.1. The number of nitrogens with zero attached hydrogens (tertiary/aromatic N) is 3. The molecule has 596 valence electrons. The van der Waals surface area contributed by atoms with Crippen LogP contribution in [0.2, 0.25) is 10.0 Å². The molecule has 0 saturated carbocycles. The summed E-state index contributed by atoms with van der Waals surface area (Å²) in [5.41, 5.74) is 14.1. The first-order valence-electron chi connectivity index (χ1n) is 37.1. The van der Waals surface area contributed by atoms with E-state index in [1.807, 2.05) is 152 Å². The molecule has 11 aromatic rings. The lowest BCUT2D eigenvalue weighted by molar-refractivity contribution is 0.0989. The number of fused-ring (bicyclic) bond motifs is 1. The Bertz CT molecular complexity index is 5010. The van der Waals surface area contributed by atoms with Crippen molar-refractivity contribution in [2.75, 3.05) is 43.7 Å². The summed E-state index contributed by atoms with van der Waals surface area (Å²) in [7, 11) is 0. The Labute approximate surface area is 683 Å². The van der Waals surface area contributed by atoms with E-state index in [1.165, 1.54) is 0 Å². The summed E-state index contributed by atoms with van der Waals surface area (Å²) < 4.78 is 89.9. The van der Waals surface area contributed by atoms with Gasteiger partial charge in [-0.1, -0.05) is 95.9 Å². The number of benzene rings is 8. The Morgan fingerprint density at radius 1 is 0.439 bits per heavy atom. The number of pyridine rings is 1. The molecule has 0 aliphatic rings. The predicted molar refractivity (Wildman–Crippen MR) is 456 cm³/mol. The number of aryl methyl sites for hydroxylation is 3. The number of carbonyl (C=O) groups is 3. The highest BCUT2D eigenvalue weighted by Gasteiger charge is 2.14. The minimum atomic E-state index is -0.280. The molecule has 0 saturated heterocycles. The number of carbonyl (C=O) groups excluding carboxylic acids is 3. The zero-order valence-corrected chi connectivity index (χ0v) is 68.6. The van der Waals surface area contributed by atoms with Gasteiger partial charge in [0.05, 0.1) is 68.6 Å². The molecule has 2 amide bonds. The number of thiazole rings is 2. The van der Waals surface area contributed by atoms with Gasteiger partial charge in [-0.2, -0.15) is 0 Å². The Balaban J connectivity index is 0.000000198. The first-order chi connectivity index (χ1) is 55.1. The van der Waals surface area contributed by atoms with Gasteiger partial charge in [0.15, 0.2) is 5.78 Å². The van der Waals surface area contributed by atoms with Crippen LogP contribution in [0.3, 0.4) is 0 Å².